The van der Waals surface area contributed by atoms with E-state index >= 15 is 0 Å². The first-order valence-corrected chi connectivity index (χ1v) is 13.0. The van der Waals surface area contributed by atoms with Crippen molar-refractivity contribution in [2.75, 3.05) is 0 Å². The second kappa shape index (κ2) is 11.9. The van der Waals surface area contributed by atoms with Crippen molar-refractivity contribution in [3.05, 3.63) is 70.8 Å². The number of aldehydes is 1. The van der Waals surface area contributed by atoms with E-state index in [1.807, 2.05) is 69.3 Å². The molecule has 0 spiro atoms. The van der Waals surface area contributed by atoms with Crippen LogP contribution in [0.25, 0.3) is 0 Å². The molecule has 0 saturated heterocycles. The minimum absolute atomic E-state index is 0.266. The summed E-state index contributed by atoms with van der Waals surface area (Å²) in [6, 6.07) is 14.1. The second-order valence-electron chi connectivity index (χ2n) is 11.7. The Hall–Kier alpha value is -3.88. The minimum atomic E-state index is -1.01. The highest BCUT2D eigenvalue weighted by Crippen LogP contribution is 2.26. The zero-order chi connectivity index (χ0) is 29.0. The fraction of sp³-hybridized carbons (Fsp3) is 0.467. The Morgan fingerprint density at radius 2 is 1.15 bits per heavy atom. The molecule has 0 saturated carbocycles. The predicted molar refractivity (Wildman–Crippen MR) is 145 cm³/mol. The lowest BCUT2D eigenvalue weighted by Crippen LogP contribution is -2.50. The first-order valence-electron chi connectivity index (χ1n) is 13.0. The topological polar surface area (TPSA) is 113 Å². The van der Waals surface area contributed by atoms with Crippen molar-refractivity contribution < 1.29 is 33.8 Å². The van der Waals surface area contributed by atoms with Gasteiger partial charge in [-0.05, 0) is 63.8 Å². The summed E-state index contributed by atoms with van der Waals surface area (Å²) in [4.78, 5) is 49.7. The molecule has 9 nitrogen and oxygen atoms in total. The molecule has 4 rings (SSSR count). The second-order valence-corrected chi connectivity index (χ2v) is 11.7. The van der Waals surface area contributed by atoms with Crippen molar-refractivity contribution >= 4 is 24.4 Å². The van der Waals surface area contributed by atoms with E-state index < -0.39 is 41.4 Å². The zero-order valence-electron chi connectivity index (χ0n) is 23.5. The van der Waals surface area contributed by atoms with Crippen molar-refractivity contribution in [2.24, 2.45) is 0 Å². The summed E-state index contributed by atoms with van der Waals surface area (Å²) >= 11 is 0. The van der Waals surface area contributed by atoms with Crippen LogP contribution in [-0.2, 0) is 45.0 Å². The van der Waals surface area contributed by atoms with Crippen molar-refractivity contribution in [1.82, 2.24) is 9.80 Å². The molecule has 0 aliphatic carbocycles. The Balaban J connectivity index is 0.000000216. The van der Waals surface area contributed by atoms with Crippen LogP contribution in [0.15, 0.2) is 48.5 Å². The van der Waals surface area contributed by atoms with Crippen LogP contribution >= 0.6 is 0 Å². The molecule has 9 heteroatoms. The number of amides is 2. The van der Waals surface area contributed by atoms with Crippen LogP contribution < -0.4 is 0 Å². The number of fused-ring (bicyclic) bond motifs is 2. The van der Waals surface area contributed by atoms with Gasteiger partial charge in [0.05, 0.1) is 19.1 Å². The van der Waals surface area contributed by atoms with Gasteiger partial charge in [0, 0.05) is 12.8 Å². The highest BCUT2D eigenvalue weighted by Gasteiger charge is 2.37. The van der Waals surface area contributed by atoms with E-state index in [0.29, 0.717) is 19.4 Å². The molecule has 2 atom stereocenters. The Kier molecular flexibility index (Phi) is 9.04. The summed E-state index contributed by atoms with van der Waals surface area (Å²) < 4.78 is 10.6. The number of hydrogen-bond acceptors (Lipinski definition) is 6. The summed E-state index contributed by atoms with van der Waals surface area (Å²) in [6.45, 7) is 11.4. The molecule has 39 heavy (non-hydrogen) atoms. The summed E-state index contributed by atoms with van der Waals surface area (Å²) in [6.07, 6.45) is 0.669. The summed E-state index contributed by atoms with van der Waals surface area (Å²) in [5.74, 6) is -1.01. The average molecular weight is 539 g/mol. The largest absolute Gasteiger partial charge is 0.480 e. The molecule has 0 radical (unpaired) electrons. The molecular weight excluding hydrogens is 500 g/mol. The van der Waals surface area contributed by atoms with Crippen LogP contribution in [0.3, 0.4) is 0 Å². The van der Waals surface area contributed by atoms with Crippen molar-refractivity contribution in [3.8, 4) is 0 Å². The lowest BCUT2D eigenvalue weighted by Gasteiger charge is -2.35. The normalized spacial score (nSPS) is 18.5. The van der Waals surface area contributed by atoms with E-state index in [4.69, 9.17) is 9.47 Å². The smallest absolute Gasteiger partial charge is 0.411 e. The third kappa shape index (κ3) is 8.05. The first-order chi connectivity index (χ1) is 18.2. The van der Waals surface area contributed by atoms with E-state index in [9.17, 15) is 24.3 Å². The summed E-state index contributed by atoms with van der Waals surface area (Å²) in [5, 5.41) is 9.33. The first kappa shape index (κ1) is 29.7. The van der Waals surface area contributed by atoms with Gasteiger partial charge in [-0.1, -0.05) is 48.5 Å². The Bertz CT molecular complexity index is 1210. The van der Waals surface area contributed by atoms with Crippen molar-refractivity contribution in [2.45, 2.75) is 90.8 Å². The molecule has 2 heterocycles. The molecule has 2 aromatic rings. The summed E-state index contributed by atoms with van der Waals surface area (Å²) in [7, 11) is 0. The third-order valence-corrected chi connectivity index (χ3v) is 6.24. The predicted octanol–water partition coefficient (Wildman–Crippen LogP) is 4.98. The molecule has 1 N–H and O–H groups in total. The van der Waals surface area contributed by atoms with Gasteiger partial charge in [0.1, 0.15) is 23.5 Å². The maximum Gasteiger partial charge on any atom is 0.411 e. The standard InChI is InChI=1S/C15H19NO4.C15H19NO3/c1-15(2,3)20-14(19)16-9-11-7-5-4-6-10(11)8-12(16)13(17)18;1-15(2,3)19-14(18)16-9-12-7-5-4-6-11(12)8-13(16)10-17/h4-7,12H,8-9H2,1-3H3,(H,17,18);4-7,10,13H,8-9H2,1-3H3/t12-;13-/m11/s1. The maximum atomic E-state index is 12.2. The molecular formula is C30H38N2O7. The number of rotatable bonds is 2. The van der Waals surface area contributed by atoms with Gasteiger partial charge < -0.3 is 19.4 Å². The van der Waals surface area contributed by atoms with Gasteiger partial charge in [0.2, 0.25) is 0 Å². The molecule has 0 aromatic heterocycles. The van der Waals surface area contributed by atoms with Gasteiger partial charge in [0.25, 0.3) is 0 Å². The van der Waals surface area contributed by atoms with Crippen molar-refractivity contribution in [3.63, 3.8) is 0 Å². The van der Waals surface area contributed by atoms with Crippen LogP contribution in [0, 0.1) is 0 Å². The van der Waals surface area contributed by atoms with Crippen molar-refractivity contribution in [1.29, 1.82) is 0 Å². The average Bonchev–Trinajstić information content (AvgIpc) is 2.85. The van der Waals surface area contributed by atoms with E-state index in [1.165, 1.54) is 9.80 Å². The number of nitrogens with zero attached hydrogens (tertiary/aromatic N) is 2. The molecule has 0 unspecified atom stereocenters. The molecule has 0 bridgehead atoms. The Labute approximate surface area is 229 Å². The number of carboxylic acid groups (broad SMARTS) is 1. The highest BCUT2D eigenvalue weighted by atomic mass is 16.6. The van der Waals surface area contributed by atoms with E-state index in [1.54, 1.807) is 20.8 Å². The van der Waals surface area contributed by atoms with Gasteiger partial charge in [-0.15, -0.1) is 0 Å². The zero-order valence-corrected chi connectivity index (χ0v) is 23.5. The number of benzene rings is 2. The van der Waals surface area contributed by atoms with Gasteiger partial charge in [-0.2, -0.15) is 0 Å². The lowest BCUT2D eigenvalue weighted by molar-refractivity contribution is -0.143. The van der Waals surface area contributed by atoms with Crippen LogP contribution in [0.2, 0.25) is 0 Å². The Morgan fingerprint density at radius 3 is 1.59 bits per heavy atom. The number of hydrogen-bond donors (Lipinski definition) is 1. The lowest BCUT2D eigenvalue weighted by atomic mass is 9.94. The molecule has 210 valence electrons. The third-order valence-electron chi connectivity index (χ3n) is 6.24. The molecule has 2 aromatic carbocycles. The minimum Gasteiger partial charge on any atom is -0.480 e. The van der Waals surface area contributed by atoms with Gasteiger partial charge in [-0.3, -0.25) is 9.80 Å². The highest BCUT2D eigenvalue weighted by molar-refractivity contribution is 5.81. The Morgan fingerprint density at radius 1 is 0.744 bits per heavy atom. The molecule has 0 fully saturated rings. The van der Waals surface area contributed by atoms with Crippen LogP contribution in [0.5, 0.6) is 0 Å². The van der Waals surface area contributed by atoms with Crippen LogP contribution in [-0.4, -0.2) is 62.6 Å². The summed E-state index contributed by atoms with van der Waals surface area (Å²) in [5.41, 5.74) is 2.94. The fourth-order valence-corrected chi connectivity index (χ4v) is 4.45. The maximum absolute atomic E-state index is 12.2. The number of carboxylic acids is 1. The van der Waals surface area contributed by atoms with Gasteiger partial charge >= 0.3 is 18.2 Å². The van der Waals surface area contributed by atoms with E-state index in [-0.39, 0.29) is 6.54 Å². The monoisotopic (exact) mass is 538 g/mol. The molecule has 2 aliphatic rings. The van der Waals surface area contributed by atoms with E-state index in [0.717, 1.165) is 28.5 Å². The quantitative estimate of drug-likeness (QED) is 0.537. The molecule has 2 amide bonds. The van der Waals surface area contributed by atoms with Crippen LogP contribution in [0.4, 0.5) is 9.59 Å². The number of ether oxygens (including phenoxy) is 2. The SMILES string of the molecule is CC(C)(C)OC(=O)N1Cc2ccccc2C[C@@H]1C(=O)O.CC(C)(C)OC(=O)N1Cc2ccccc2C[C@@H]1C=O. The van der Waals surface area contributed by atoms with Gasteiger partial charge in [0.15, 0.2) is 0 Å². The van der Waals surface area contributed by atoms with E-state index in [2.05, 4.69) is 0 Å². The van der Waals surface area contributed by atoms with Crippen LogP contribution in [0.1, 0.15) is 63.8 Å². The number of carbonyl (C=O) groups excluding carboxylic acids is 3. The number of aliphatic carboxylic acids is 1. The molecule has 2 aliphatic heterocycles. The fourth-order valence-electron chi connectivity index (χ4n) is 4.45. The number of carbonyl (C=O) groups is 4. The van der Waals surface area contributed by atoms with Gasteiger partial charge in [-0.25, -0.2) is 14.4 Å².